The van der Waals surface area contributed by atoms with Gasteiger partial charge in [-0.05, 0) is 37.8 Å². The fraction of sp³-hybridized carbons (Fsp3) is 0.591. The Bertz CT molecular complexity index is 1000. The van der Waals surface area contributed by atoms with Crippen molar-refractivity contribution in [3.8, 4) is 11.8 Å². The number of benzene rings is 1. The number of piperidine rings is 2. The number of carbonyl (C=O) groups excluding carboxylic acids is 1. The Morgan fingerprint density at radius 3 is 2.79 bits per heavy atom. The van der Waals surface area contributed by atoms with Crippen LogP contribution in [0.25, 0.3) is 10.9 Å². The predicted molar refractivity (Wildman–Crippen MR) is 107 cm³/mol. The molecule has 6 nitrogen and oxygen atoms in total. The van der Waals surface area contributed by atoms with Crippen molar-refractivity contribution in [1.29, 1.82) is 5.26 Å². The normalized spacial score (nSPS) is 26.1. The summed E-state index contributed by atoms with van der Waals surface area (Å²) >= 11 is 0. The van der Waals surface area contributed by atoms with Crippen LogP contribution in [-0.4, -0.2) is 40.2 Å². The molecule has 1 aromatic heterocycles. The lowest BCUT2D eigenvalue weighted by molar-refractivity contribution is -0.152. The number of halogens is 1. The minimum absolute atomic E-state index is 0.0594. The average molecular weight is 398 g/mol. The summed E-state index contributed by atoms with van der Waals surface area (Å²) in [7, 11) is 1.43. The molecule has 2 aromatic rings. The van der Waals surface area contributed by atoms with Gasteiger partial charge in [0.1, 0.15) is 0 Å². The van der Waals surface area contributed by atoms with Gasteiger partial charge in [0.25, 0.3) is 0 Å². The fourth-order valence-electron chi connectivity index (χ4n) is 5.19. The van der Waals surface area contributed by atoms with Gasteiger partial charge in [-0.25, -0.2) is 4.39 Å². The molecule has 3 aliphatic rings. The van der Waals surface area contributed by atoms with Crippen molar-refractivity contribution < 1.29 is 13.9 Å². The van der Waals surface area contributed by atoms with E-state index in [-0.39, 0.29) is 35.6 Å². The topological polar surface area (TPSA) is 82.0 Å². The number of H-pyrrole nitrogens is 1. The smallest absolute Gasteiger partial charge is 0.224 e. The molecule has 5 rings (SSSR count). The molecule has 7 heteroatoms. The van der Waals surface area contributed by atoms with E-state index in [4.69, 9.17) is 4.74 Å². The minimum Gasteiger partial charge on any atom is -0.494 e. The van der Waals surface area contributed by atoms with E-state index in [0.29, 0.717) is 16.6 Å². The number of methoxy groups -OCH3 is 1. The van der Waals surface area contributed by atoms with E-state index >= 15 is 0 Å². The van der Waals surface area contributed by atoms with Gasteiger partial charge < -0.3 is 9.64 Å². The maximum Gasteiger partial charge on any atom is 0.224 e. The lowest BCUT2D eigenvalue weighted by Gasteiger charge is -2.58. The van der Waals surface area contributed by atoms with E-state index in [9.17, 15) is 14.4 Å². The van der Waals surface area contributed by atoms with E-state index in [1.54, 1.807) is 12.1 Å². The molecular formula is C22H27FN4O2. The first-order chi connectivity index (χ1) is 13.7. The summed E-state index contributed by atoms with van der Waals surface area (Å²) in [5.41, 5.74) is 0.241. The Kier molecular flexibility index (Phi) is 4.56. The van der Waals surface area contributed by atoms with Gasteiger partial charge in [-0.2, -0.15) is 10.4 Å². The van der Waals surface area contributed by atoms with E-state index in [1.807, 2.05) is 18.7 Å². The van der Waals surface area contributed by atoms with Gasteiger partial charge in [-0.15, -0.1) is 0 Å². The second-order valence-corrected chi connectivity index (χ2v) is 9.16. The molecule has 0 radical (unpaired) electrons. The number of nitrogens with one attached hydrogen (secondary N) is 1. The molecule has 2 saturated heterocycles. The van der Waals surface area contributed by atoms with Crippen LogP contribution in [0.2, 0.25) is 0 Å². The maximum absolute atomic E-state index is 14.9. The van der Waals surface area contributed by atoms with Crippen LogP contribution >= 0.6 is 0 Å². The molecule has 2 bridgehead atoms. The zero-order valence-electron chi connectivity index (χ0n) is 17.4. The third kappa shape index (κ3) is 2.97. The summed E-state index contributed by atoms with van der Waals surface area (Å²) in [5.74, 6) is -0.243. The summed E-state index contributed by atoms with van der Waals surface area (Å²) in [6, 6.07) is 5.98. The number of carbonyl (C=O) groups is 1. The Morgan fingerprint density at radius 1 is 1.45 bits per heavy atom. The van der Waals surface area contributed by atoms with Crippen LogP contribution in [0.15, 0.2) is 12.1 Å². The highest BCUT2D eigenvalue weighted by molar-refractivity contribution is 5.86. The summed E-state index contributed by atoms with van der Waals surface area (Å²) in [4.78, 5) is 15.3. The molecule has 2 aliphatic heterocycles. The van der Waals surface area contributed by atoms with Crippen LogP contribution in [0.4, 0.5) is 4.39 Å². The first-order valence-corrected chi connectivity index (χ1v) is 10.2. The van der Waals surface area contributed by atoms with E-state index in [2.05, 4.69) is 23.2 Å². The van der Waals surface area contributed by atoms with Crippen LogP contribution < -0.4 is 4.74 Å². The van der Waals surface area contributed by atoms with Crippen molar-refractivity contribution in [2.45, 2.75) is 70.4 Å². The van der Waals surface area contributed by atoms with Crippen LogP contribution in [0.1, 0.15) is 58.6 Å². The number of rotatable bonds is 5. The Labute approximate surface area is 170 Å². The second-order valence-electron chi connectivity index (χ2n) is 9.16. The quantitative estimate of drug-likeness (QED) is 0.823. The van der Waals surface area contributed by atoms with Crippen molar-refractivity contribution in [3.63, 3.8) is 0 Å². The monoisotopic (exact) mass is 398 g/mol. The van der Waals surface area contributed by atoms with E-state index in [0.717, 1.165) is 25.7 Å². The lowest BCUT2D eigenvalue weighted by Crippen LogP contribution is -2.63. The number of ether oxygens (including phenoxy) is 1. The van der Waals surface area contributed by atoms with Gasteiger partial charge in [0.05, 0.1) is 35.2 Å². The molecule has 1 aromatic carbocycles. The molecule has 1 N–H and O–H groups in total. The SMILES string of the molecule is CCC1CC2(C#N)CC(C2)N1C(=O)CC(C)(C)c1[nH]nc2ccc(OC)c(F)c12. The van der Waals surface area contributed by atoms with Crippen molar-refractivity contribution in [2.75, 3.05) is 7.11 Å². The number of hydrogen-bond donors (Lipinski definition) is 1. The van der Waals surface area contributed by atoms with E-state index < -0.39 is 11.2 Å². The Morgan fingerprint density at radius 2 is 2.17 bits per heavy atom. The maximum atomic E-state index is 14.9. The lowest BCUT2D eigenvalue weighted by atomic mass is 9.58. The number of aromatic amines is 1. The molecule has 1 saturated carbocycles. The molecule has 1 amide bonds. The van der Waals surface area contributed by atoms with Crippen LogP contribution in [0.5, 0.6) is 5.75 Å². The standard InChI is InChI=1S/C22H27FN4O2/c1-5-13-8-22(12-24)9-14(10-22)27(13)17(28)11-21(2,3)20-18-15(25-26-20)6-7-16(29-4)19(18)23/h6-7,13-14H,5,8-11H2,1-4H3,(H,25,26). The van der Waals surface area contributed by atoms with Gasteiger partial charge in [0.15, 0.2) is 11.6 Å². The van der Waals surface area contributed by atoms with Gasteiger partial charge in [-0.1, -0.05) is 20.8 Å². The highest BCUT2D eigenvalue weighted by Gasteiger charge is 2.56. The average Bonchev–Trinajstić information content (AvgIpc) is 3.12. The molecule has 154 valence electrons. The summed E-state index contributed by atoms with van der Waals surface area (Å²) in [6.07, 6.45) is 3.37. The van der Waals surface area contributed by atoms with Crippen LogP contribution in [-0.2, 0) is 10.2 Å². The zero-order valence-corrected chi connectivity index (χ0v) is 17.4. The minimum atomic E-state index is -0.634. The number of nitriles is 1. The van der Waals surface area contributed by atoms with Gasteiger partial charge in [-0.3, -0.25) is 9.89 Å². The summed E-state index contributed by atoms with van der Waals surface area (Å²) < 4.78 is 20.1. The first-order valence-electron chi connectivity index (χ1n) is 10.2. The number of aromatic nitrogens is 2. The number of fused-ring (bicyclic) bond motifs is 3. The number of hydrogen-bond acceptors (Lipinski definition) is 4. The summed E-state index contributed by atoms with van der Waals surface area (Å²) in [5, 5.41) is 17.1. The highest BCUT2D eigenvalue weighted by atomic mass is 19.1. The second kappa shape index (κ2) is 6.72. The number of amides is 1. The predicted octanol–water partition coefficient (Wildman–Crippen LogP) is 4.06. The Hall–Kier alpha value is -2.62. The third-order valence-electron chi connectivity index (χ3n) is 6.77. The third-order valence-corrected chi connectivity index (χ3v) is 6.77. The van der Waals surface area contributed by atoms with Gasteiger partial charge >= 0.3 is 0 Å². The van der Waals surface area contributed by atoms with Crippen molar-refractivity contribution in [2.24, 2.45) is 5.41 Å². The van der Waals surface area contributed by atoms with Gasteiger partial charge in [0.2, 0.25) is 5.91 Å². The largest absolute Gasteiger partial charge is 0.494 e. The molecular weight excluding hydrogens is 371 g/mol. The van der Waals surface area contributed by atoms with Crippen molar-refractivity contribution in [3.05, 3.63) is 23.6 Å². The molecule has 3 fully saturated rings. The summed E-state index contributed by atoms with van der Waals surface area (Å²) in [6.45, 7) is 5.93. The Balaban J connectivity index is 1.62. The van der Waals surface area contributed by atoms with Crippen molar-refractivity contribution in [1.82, 2.24) is 15.1 Å². The molecule has 1 aliphatic carbocycles. The molecule has 3 heterocycles. The van der Waals surface area contributed by atoms with Crippen LogP contribution in [0, 0.1) is 22.6 Å². The highest BCUT2D eigenvalue weighted by Crippen LogP contribution is 2.53. The molecule has 29 heavy (non-hydrogen) atoms. The van der Waals surface area contributed by atoms with Crippen molar-refractivity contribution >= 4 is 16.8 Å². The first kappa shape index (κ1) is 19.7. The number of nitrogens with zero attached hydrogens (tertiary/aromatic N) is 3. The molecule has 0 spiro atoms. The van der Waals surface area contributed by atoms with Crippen LogP contribution in [0.3, 0.4) is 0 Å². The fourth-order valence-corrected chi connectivity index (χ4v) is 5.19. The zero-order chi connectivity index (χ0) is 21.0. The molecule has 1 unspecified atom stereocenters. The van der Waals surface area contributed by atoms with E-state index in [1.165, 1.54) is 7.11 Å². The molecule has 1 atom stereocenters. The van der Waals surface area contributed by atoms with Gasteiger partial charge in [0, 0.05) is 23.9 Å².